The molecule has 0 amide bonds. The molecule has 5 nitrogen and oxygen atoms in total. The second-order valence-corrected chi connectivity index (χ2v) is 10.1. The summed E-state index contributed by atoms with van der Waals surface area (Å²) in [5.41, 5.74) is 12.7. The molecule has 5 rings (SSSR count). The van der Waals surface area contributed by atoms with Gasteiger partial charge in [-0.05, 0) is 35.4 Å². The Hall–Kier alpha value is -3.95. The first-order valence-corrected chi connectivity index (χ1v) is 14.1. The van der Waals surface area contributed by atoms with Crippen molar-refractivity contribution in [2.45, 2.75) is 71.1 Å². The molecule has 0 radical (unpaired) electrons. The molecular weight excluding hydrogens is 468 g/mol. The molecule has 0 aliphatic carbocycles. The van der Waals surface area contributed by atoms with Gasteiger partial charge in [0.2, 0.25) is 0 Å². The van der Waals surface area contributed by atoms with E-state index in [9.17, 15) is 5.53 Å². The van der Waals surface area contributed by atoms with Crippen molar-refractivity contribution >= 4 is 50.5 Å². The topological polar surface area (TPSA) is 61.2 Å². The van der Waals surface area contributed by atoms with Crippen molar-refractivity contribution in [2.75, 3.05) is 4.90 Å². The van der Waals surface area contributed by atoms with Crippen LogP contribution >= 0.6 is 0 Å². The summed E-state index contributed by atoms with van der Waals surface area (Å²) in [6.07, 6.45) is 11.6. The molecular formula is C33H36N4O. The standard InChI is InChI=1S/C33H36N4O/c1-2-3-4-5-6-7-8-9-10-24-31(36-34)38-33-35-28-21-13-18-26-19-15-23-30(32(26)28)37(33)29-22-14-17-25-16-11-12-20-27(25)29/h11-23H,2-10,24H2,1H3. The van der Waals surface area contributed by atoms with Gasteiger partial charge in [-0.3, -0.25) is 4.90 Å². The summed E-state index contributed by atoms with van der Waals surface area (Å²) in [7, 11) is 0. The van der Waals surface area contributed by atoms with E-state index < -0.39 is 0 Å². The van der Waals surface area contributed by atoms with Gasteiger partial charge in [-0.2, -0.15) is 4.99 Å². The zero-order chi connectivity index (χ0) is 26.2. The van der Waals surface area contributed by atoms with Crippen molar-refractivity contribution in [3.05, 3.63) is 84.4 Å². The van der Waals surface area contributed by atoms with Crippen molar-refractivity contribution in [3.63, 3.8) is 0 Å². The number of ether oxygens (including phenoxy) is 1. The number of fused-ring (bicyclic) bond motifs is 1. The third-order valence-corrected chi connectivity index (χ3v) is 7.33. The molecule has 0 N–H and O–H groups in total. The molecule has 0 saturated carbocycles. The van der Waals surface area contributed by atoms with Crippen molar-refractivity contribution in [3.8, 4) is 0 Å². The van der Waals surface area contributed by atoms with E-state index in [0.717, 1.165) is 51.4 Å². The van der Waals surface area contributed by atoms with Gasteiger partial charge in [0.25, 0.3) is 0 Å². The Morgan fingerprint density at radius 2 is 1.37 bits per heavy atom. The molecule has 5 heteroatoms. The lowest BCUT2D eigenvalue weighted by Crippen LogP contribution is -2.32. The molecule has 0 atom stereocenters. The molecule has 4 aromatic rings. The van der Waals surface area contributed by atoms with Gasteiger partial charge >= 0.3 is 11.9 Å². The zero-order valence-electron chi connectivity index (χ0n) is 22.3. The first kappa shape index (κ1) is 25.7. The van der Waals surface area contributed by atoms with E-state index in [0.29, 0.717) is 18.3 Å². The molecule has 0 unspecified atom stereocenters. The lowest BCUT2D eigenvalue weighted by molar-refractivity contribution is -0.0324. The quantitative estimate of drug-likeness (QED) is 0.0671. The Kier molecular flexibility index (Phi) is 8.47. The summed E-state index contributed by atoms with van der Waals surface area (Å²) >= 11 is 0. The number of unbranched alkanes of at least 4 members (excludes halogenated alkanes) is 8. The van der Waals surface area contributed by atoms with Gasteiger partial charge in [0, 0.05) is 10.8 Å². The van der Waals surface area contributed by atoms with Gasteiger partial charge in [0.1, 0.15) is 0 Å². The minimum absolute atomic E-state index is 0.295. The predicted molar refractivity (Wildman–Crippen MR) is 159 cm³/mol. The van der Waals surface area contributed by atoms with E-state index in [4.69, 9.17) is 9.73 Å². The minimum atomic E-state index is 0.295. The Labute approximate surface area is 225 Å². The maximum atomic E-state index is 9.85. The summed E-state index contributed by atoms with van der Waals surface area (Å²) in [5.74, 6) is 0.295. The third kappa shape index (κ3) is 5.64. The Morgan fingerprint density at radius 3 is 2.13 bits per heavy atom. The van der Waals surface area contributed by atoms with E-state index in [1.165, 1.54) is 44.9 Å². The van der Waals surface area contributed by atoms with Crippen molar-refractivity contribution in [1.82, 2.24) is 0 Å². The molecule has 1 heterocycles. The Balaban J connectivity index is 1.38. The van der Waals surface area contributed by atoms with Crippen molar-refractivity contribution in [2.24, 2.45) is 4.99 Å². The molecule has 0 spiro atoms. The maximum absolute atomic E-state index is 9.85. The molecule has 0 saturated heterocycles. The zero-order valence-corrected chi connectivity index (χ0v) is 22.3. The van der Waals surface area contributed by atoms with Crippen LogP contribution in [-0.4, -0.2) is 16.7 Å². The summed E-state index contributed by atoms with van der Waals surface area (Å²) in [4.78, 5) is 10.5. The maximum Gasteiger partial charge on any atom is 0.457 e. The van der Waals surface area contributed by atoms with E-state index in [2.05, 4.69) is 71.2 Å². The van der Waals surface area contributed by atoms with Crippen molar-refractivity contribution < 1.29 is 9.53 Å². The number of benzene rings is 4. The number of hydrogen-bond donors (Lipinski definition) is 0. The van der Waals surface area contributed by atoms with Crippen LogP contribution < -0.4 is 4.90 Å². The Bertz CT molecular complexity index is 1470. The summed E-state index contributed by atoms with van der Waals surface area (Å²) in [5, 5.41) is 4.45. The fourth-order valence-corrected chi connectivity index (χ4v) is 5.36. The molecule has 1 aliphatic rings. The van der Waals surface area contributed by atoms with Gasteiger partial charge in [-0.25, -0.2) is 0 Å². The average molecular weight is 505 g/mol. The summed E-state index contributed by atoms with van der Waals surface area (Å²) < 4.78 is 6.29. The Morgan fingerprint density at radius 1 is 0.737 bits per heavy atom. The molecule has 38 heavy (non-hydrogen) atoms. The van der Waals surface area contributed by atoms with Gasteiger partial charge < -0.3 is 10.3 Å². The van der Waals surface area contributed by atoms with Gasteiger partial charge in [0.05, 0.1) is 23.5 Å². The van der Waals surface area contributed by atoms with Crippen LogP contribution in [0.2, 0.25) is 0 Å². The highest BCUT2D eigenvalue weighted by Gasteiger charge is 2.29. The van der Waals surface area contributed by atoms with Crippen LogP contribution in [0.15, 0.2) is 83.9 Å². The van der Waals surface area contributed by atoms with Gasteiger partial charge in [-0.15, -0.1) is 4.79 Å². The SMILES string of the molecule is CCCCCCCCCCCC(=[N+]=[N-])OC1=Nc2cccc3cccc(c23)N1c1cccc2ccccc12. The molecule has 1 aliphatic heterocycles. The lowest BCUT2D eigenvalue weighted by atomic mass is 10.0. The summed E-state index contributed by atoms with van der Waals surface area (Å²) in [6, 6.07) is 27.4. The highest BCUT2D eigenvalue weighted by atomic mass is 16.5. The van der Waals surface area contributed by atoms with Crippen LogP contribution in [0.1, 0.15) is 71.1 Å². The smallest absolute Gasteiger partial charge is 0.361 e. The number of hydrogen-bond acceptors (Lipinski definition) is 3. The first-order chi connectivity index (χ1) is 18.8. The van der Waals surface area contributed by atoms with Crippen LogP contribution in [0.4, 0.5) is 17.1 Å². The number of rotatable bonds is 11. The molecule has 194 valence electrons. The average Bonchev–Trinajstić information content (AvgIpc) is 2.96. The monoisotopic (exact) mass is 504 g/mol. The van der Waals surface area contributed by atoms with E-state index in [1.54, 1.807) is 0 Å². The number of aliphatic imine (C=N–C) groups is 1. The summed E-state index contributed by atoms with van der Waals surface area (Å²) in [6.45, 7) is 2.25. The fourth-order valence-electron chi connectivity index (χ4n) is 5.36. The first-order valence-electron chi connectivity index (χ1n) is 14.1. The lowest BCUT2D eigenvalue weighted by Gasteiger charge is -2.30. The minimum Gasteiger partial charge on any atom is -0.361 e. The molecule has 0 bridgehead atoms. The van der Waals surface area contributed by atoms with E-state index >= 15 is 0 Å². The van der Waals surface area contributed by atoms with Crippen LogP contribution in [-0.2, 0) is 4.74 Å². The van der Waals surface area contributed by atoms with Crippen LogP contribution in [0.25, 0.3) is 27.1 Å². The molecule has 0 fully saturated rings. The molecule has 0 aromatic heterocycles. The number of amidine groups is 1. The van der Waals surface area contributed by atoms with Gasteiger partial charge in [0.15, 0.2) is 0 Å². The van der Waals surface area contributed by atoms with E-state index in [-0.39, 0.29) is 0 Å². The largest absolute Gasteiger partial charge is 0.457 e. The van der Waals surface area contributed by atoms with E-state index in [1.807, 2.05) is 24.3 Å². The number of anilines is 2. The third-order valence-electron chi connectivity index (χ3n) is 7.33. The highest BCUT2D eigenvalue weighted by Crippen LogP contribution is 2.43. The van der Waals surface area contributed by atoms with Crippen LogP contribution in [0, 0.1) is 0 Å². The second kappa shape index (κ2) is 12.5. The van der Waals surface area contributed by atoms with Crippen LogP contribution in [0.5, 0.6) is 0 Å². The van der Waals surface area contributed by atoms with Crippen molar-refractivity contribution in [1.29, 1.82) is 0 Å². The molecule has 4 aromatic carbocycles. The highest BCUT2D eigenvalue weighted by molar-refractivity contribution is 6.19. The normalized spacial score (nSPS) is 12.4. The van der Waals surface area contributed by atoms with Crippen LogP contribution in [0.3, 0.4) is 0 Å². The fraction of sp³-hybridized carbons (Fsp3) is 0.333. The predicted octanol–water partition coefficient (Wildman–Crippen LogP) is 9.70. The van der Waals surface area contributed by atoms with Gasteiger partial charge in [-0.1, -0.05) is 119 Å². The second-order valence-electron chi connectivity index (χ2n) is 10.1. The number of nitrogens with zero attached hydrogens (tertiary/aromatic N) is 4.